The number of nitrogens with two attached hydrogens (primary N) is 1. The summed E-state index contributed by atoms with van der Waals surface area (Å²) in [6.07, 6.45) is -4.14. The molecule has 0 radical (unpaired) electrons. The van der Waals surface area contributed by atoms with E-state index in [2.05, 4.69) is 20.6 Å². The zero-order chi connectivity index (χ0) is 27.4. The predicted octanol–water partition coefficient (Wildman–Crippen LogP) is 4.41. The molecule has 37 heavy (non-hydrogen) atoms. The first-order chi connectivity index (χ1) is 17.3. The lowest BCUT2D eigenvalue weighted by Gasteiger charge is -2.24. The first-order valence-electron chi connectivity index (χ1n) is 11.0. The Morgan fingerprint density at radius 2 is 1.70 bits per heavy atom. The van der Waals surface area contributed by atoms with Crippen molar-refractivity contribution in [3.05, 3.63) is 88.3 Å². The van der Waals surface area contributed by atoms with Gasteiger partial charge < -0.3 is 21.8 Å². The molecule has 0 aliphatic rings. The van der Waals surface area contributed by atoms with Gasteiger partial charge in [0.1, 0.15) is 16.9 Å². The lowest BCUT2D eigenvalue weighted by molar-refractivity contribution is -0.144. The maximum atomic E-state index is 13.4. The van der Waals surface area contributed by atoms with Crippen molar-refractivity contribution in [3.8, 4) is 0 Å². The van der Waals surface area contributed by atoms with Gasteiger partial charge in [-0.05, 0) is 37.1 Å². The van der Waals surface area contributed by atoms with Gasteiger partial charge in [-0.25, -0.2) is 9.97 Å². The van der Waals surface area contributed by atoms with Crippen LogP contribution in [0.4, 0.5) is 19.0 Å². The number of amides is 2. The lowest BCUT2D eigenvalue weighted by Crippen LogP contribution is -2.53. The van der Waals surface area contributed by atoms with Crippen molar-refractivity contribution < 1.29 is 22.8 Å². The molecule has 0 spiro atoms. The Hall–Kier alpha value is -3.99. The van der Waals surface area contributed by atoms with Gasteiger partial charge in [0.15, 0.2) is 0 Å². The van der Waals surface area contributed by atoms with E-state index in [-0.39, 0.29) is 17.8 Å². The summed E-state index contributed by atoms with van der Waals surface area (Å²) in [6, 6.07) is 15.5. The molecule has 2 aromatic carbocycles. The van der Waals surface area contributed by atoms with Crippen molar-refractivity contribution in [2.45, 2.75) is 31.5 Å². The van der Waals surface area contributed by atoms with E-state index in [0.29, 0.717) is 16.1 Å². The molecule has 8 nitrogen and oxygen atoms in total. The van der Waals surface area contributed by atoms with Crippen LogP contribution in [0.1, 0.15) is 47.1 Å². The van der Waals surface area contributed by atoms with Gasteiger partial charge in [-0.1, -0.05) is 54.1 Å². The highest BCUT2D eigenvalue weighted by atomic mass is 35.5. The highest BCUT2D eigenvalue weighted by molar-refractivity contribution is 6.30. The number of nitrogens with zero attached hydrogens (tertiary/aromatic N) is 2. The first kappa shape index (κ1) is 27.6. The second-order valence-corrected chi connectivity index (χ2v) is 9.10. The number of halogens is 4. The van der Waals surface area contributed by atoms with E-state index in [4.69, 9.17) is 22.7 Å². The molecule has 1 aromatic heterocycles. The smallest absolute Gasteiger partial charge is 0.368 e. The van der Waals surface area contributed by atoms with Crippen molar-refractivity contribution in [1.82, 2.24) is 15.3 Å². The molecular weight excluding hydrogens is 509 g/mol. The van der Waals surface area contributed by atoms with Crippen LogP contribution in [0.15, 0.2) is 60.8 Å². The van der Waals surface area contributed by atoms with Gasteiger partial charge in [0.2, 0.25) is 11.7 Å². The van der Waals surface area contributed by atoms with Crippen LogP contribution in [0.5, 0.6) is 0 Å². The minimum absolute atomic E-state index is 0.0841. The summed E-state index contributed by atoms with van der Waals surface area (Å²) < 4.78 is 40.1. The summed E-state index contributed by atoms with van der Waals surface area (Å²) in [6.45, 7) is 2.62. The maximum Gasteiger partial charge on any atom is 0.451 e. The molecule has 0 aliphatic heterocycles. The molecule has 5 N–H and O–H groups in total. The highest BCUT2D eigenvalue weighted by Gasteiger charge is 2.36. The third kappa shape index (κ3) is 6.82. The fraction of sp³-hybridized carbons (Fsp3) is 0.240. The number of hydrogen-bond donors (Lipinski definition) is 4. The first-order valence-corrected chi connectivity index (χ1v) is 11.4. The lowest BCUT2D eigenvalue weighted by atomic mass is 9.90. The monoisotopic (exact) mass is 532 g/mol. The molecule has 0 fully saturated rings. The number of carbonyl (C=O) groups excluding carboxylic acids is 2. The average molecular weight is 533 g/mol. The summed E-state index contributed by atoms with van der Waals surface area (Å²) in [5, 5.41) is 14.4. The molecular formula is C25H24ClF3N6O2. The Morgan fingerprint density at radius 3 is 2.27 bits per heavy atom. The number of benzene rings is 2. The van der Waals surface area contributed by atoms with E-state index in [1.54, 1.807) is 54.6 Å². The summed E-state index contributed by atoms with van der Waals surface area (Å²) in [5.41, 5.74) is 4.92. The van der Waals surface area contributed by atoms with Crippen molar-refractivity contribution >= 4 is 34.9 Å². The third-order valence-corrected chi connectivity index (χ3v) is 5.76. The molecule has 1 heterocycles. The highest BCUT2D eigenvalue weighted by Crippen LogP contribution is 2.29. The van der Waals surface area contributed by atoms with Crippen LogP contribution in [0.2, 0.25) is 5.02 Å². The topological polar surface area (TPSA) is 134 Å². The molecule has 0 aliphatic carbocycles. The normalized spacial score (nSPS) is 12.5. The van der Waals surface area contributed by atoms with Gasteiger partial charge in [-0.2, -0.15) is 13.2 Å². The predicted molar refractivity (Wildman–Crippen MR) is 134 cm³/mol. The second-order valence-electron chi connectivity index (χ2n) is 8.66. The van der Waals surface area contributed by atoms with Gasteiger partial charge in [0.05, 0.1) is 0 Å². The van der Waals surface area contributed by atoms with Crippen LogP contribution < -0.4 is 16.4 Å². The molecule has 3 aromatic rings. The van der Waals surface area contributed by atoms with Crippen LogP contribution in [0, 0.1) is 5.41 Å². The van der Waals surface area contributed by atoms with E-state index in [1.807, 2.05) is 0 Å². The van der Waals surface area contributed by atoms with E-state index in [0.717, 1.165) is 6.20 Å². The number of alkyl halides is 3. The zero-order valence-electron chi connectivity index (χ0n) is 19.9. The van der Waals surface area contributed by atoms with E-state index >= 15 is 0 Å². The molecule has 1 unspecified atom stereocenters. The Bertz CT molecular complexity index is 1300. The molecule has 0 saturated heterocycles. The summed E-state index contributed by atoms with van der Waals surface area (Å²) >= 11 is 5.96. The number of carbonyl (C=O) groups is 2. The Kier molecular flexibility index (Phi) is 8.17. The van der Waals surface area contributed by atoms with Crippen molar-refractivity contribution in [3.63, 3.8) is 0 Å². The largest absolute Gasteiger partial charge is 0.451 e. The van der Waals surface area contributed by atoms with E-state index in [9.17, 15) is 22.8 Å². The zero-order valence-corrected chi connectivity index (χ0v) is 20.6. The number of primary amides is 1. The number of aromatic nitrogens is 2. The van der Waals surface area contributed by atoms with Crippen LogP contribution in [0.3, 0.4) is 0 Å². The minimum Gasteiger partial charge on any atom is -0.368 e. The fourth-order valence-corrected chi connectivity index (χ4v) is 3.46. The van der Waals surface area contributed by atoms with E-state index < -0.39 is 41.1 Å². The molecule has 1 atom stereocenters. The van der Waals surface area contributed by atoms with Crippen LogP contribution in [0.25, 0.3) is 0 Å². The van der Waals surface area contributed by atoms with Crippen molar-refractivity contribution in [2.75, 3.05) is 11.9 Å². The molecule has 2 amide bonds. The Labute approximate surface area is 216 Å². The van der Waals surface area contributed by atoms with Gasteiger partial charge in [0, 0.05) is 29.4 Å². The Balaban J connectivity index is 1.99. The van der Waals surface area contributed by atoms with Gasteiger partial charge >= 0.3 is 6.18 Å². The summed E-state index contributed by atoms with van der Waals surface area (Å²) in [5.74, 6) is -4.24. The van der Waals surface area contributed by atoms with E-state index in [1.165, 1.54) is 13.8 Å². The van der Waals surface area contributed by atoms with Gasteiger partial charge in [-0.3, -0.25) is 9.59 Å². The number of nitrogens with one attached hydrogen (secondary N) is 3. The van der Waals surface area contributed by atoms with Crippen molar-refractivity contribution in [1.29, 1.82) is 5.41 Å². The second kappa shape index (κ2) is 11.0. The Morgan fingerprint density at radius 1 is 1.08 bits per heavy atom. The fourth-order valence-electron chi connectivity index (χ4n) is 3.33. The quantitative estimate of drug-likeness (QED) is 0.303. The van der Waals surface area contributed by atoms with Crippen LogP contribution in [-0.2, 0) is 11.0 Å². The molecule has 0 bridgehead atoms. The van der Waals surface area contributed by atoms with Gasteiger partial charge in [-0.15, -0.1) is 0 Å². The number of hydrogen-bond acceptors (Lipinski definition) is 6. The summed E-state index contributed by atoms with van der Waals surface area (Å²) in [7, 11) is 0. The minimum atomic E-state index is -4.87. The summed E-state index contributed by atoms with van der Waals surface area (Å²) in [4.78, 5) is 31.3. The maximum absolute atomic E-state index is 13.4. The number of anilines is 1. The number of rotatable bonds is 9. The SMILES string of the molecule is CC(C)(NC(=O)c1cnc(C(F)(F)F)nc1NCC(C(=N)c1ccc(Cl)cc1)c1ccccc1)C(N)=O. The molecule has 0 saturated carbocycles. The molecule has 12 heteroatoms. The van der Waals surface area contributed by atoms with Crippen molar-refractivity contribution in [2.24, 2.45) is 5.73 Å². The molecule has 3 rings (SSSR count). The van der Waals surface area contributed by atoms with Gasteiger partial charge in [0.25, 0.3) is 5.91 Å². The van der Waals surface area contributed by atoms with Crippen LogP contribution in [-0.4, -0.2) is 39.6 Å². The third-order valence-electron chi connectivity index (χ3n) is 5.51. The molecule has 194 valence electrons. The average Bonchev–Trinajstić information content (AvgIpc) is 2.84. The van der Waals surface area contributed by atoms with Crippen LogP contribution >= 0.6 is 11.6 Å². The standard InChI is InChI=1S/C25H24ClF3N6O2/c1-24(2,22(31)37)35-21(36)18-13-33-23(25(27,28)29)34-20(18)32-12-17(14-6-4-3-5-7-14)19(30)15-8-10-16(26)11-9-15/h3-11,13,17,30H,12H2,1-2H3,(H2,31,37)(H,35,36)(H,32,33,34).